The third-order valence-corrected chi connectivity index (χ3v) is 5.46. The summed E-state index contributed by atoms with van der Waals surface area (Å²) in [7, 11) is 1.55. The van der Waals surface area contributed by atoms with Gasteiger partial charge in [-0.3, -0.25) is 4.79 Å². The molecule has 1 amide bonds. The standard InChI is InChI=1S/C27H25BrN2O3/c1-17-6-5-7-23(11-17)30-27(31)22(15-29)12-20-13-24(28)26(25(14-20)32-4)33-16-21-9-18(2)8-19(3)10-21/h5-14H,16H2,1-4H3,(H,30,31)/b22-12+. The first-order chi connectivity index (χ1) is 15.8. The number of hydrogen-bond donors (Lipinski definition) is 1. The average Bonchev–Trinajstić information content (AvgIpc) is 2.75. The van der Waals surface area contributed by atoms with Crippen molar-refractivity contribution in [3.63, 3.8) is 0 Å². The maximum absolute atomic E-state index is 12.6. The van der Waals surface area contributed by atoms with Crippen LogP contribution in [0.2, 0.25) is 0 Å². The summed E-state index contributed by atoms with van der Waals surface area (Å²) in [6.45, 7) is 6.42. The van der Waals surface area contributed by atoms with Crippen molar-refractivity contribution >= 4 is 33.6 Å². The molecule has 0 saturated heterocycles. The van der Waals surface area contributed by atoms with Crippen molar-refractivity contribution < 1.29 is 14.3 Å². The summed E-state index contributed by atoms with van der Waals surface area (Å²) in [5, 5.41) is 12.3. The van der Waals surface area contributed by atoms with Crippen LogP contribution in [0.15, 0.2) is 64.6 Å². The van der Waals surface area contributed by atoms with E-state index in [1.54, 1.807) is 25.3 Å². The van der Waals surface area contributed by atoms with E-state index in [0.29, 0.717) is 33.8 Å². The molecular weight excluding hydrogens is 480 g/mol. The van der Waals surface area contributed by atoms with E-state index in [0.717, 1.165) is 11.1 Å². The highest BCUT2D eigenvalue weighted by Crippen LogP contribution is 2.38. The number of hydrogen-bond acceptors (Lipinski definition) is 4. The number of nitrogens with zero attached hydrogens (tertiary/aromatic N) is 1. The zero-order valence-corrected chi connectivity index (χ0v) is 20.6. The molecule has 0 aliphatic heterocycles. The molecule has 0 spiro atoms. The summed E-state index contributed by atoms with van der Waals surface area (Å²) in [6.07, 6.45) is 1.52. The zero-order valence-electron chi connectivity index (χ0n) is 19.0. The first kappa shape index (κ1) is 24.1. The molecule has 0 heterocycles. The maximum Gasteiger partial charge on any atom is 0.266 e. The molecular formula is C27H25BrN2O3. The molecule has 0 unspecified atom stereocenters. The largest absolute Gasteiger partial charge is 0.493 e. The summed E-state index contributed by atoms with van der Waals surface area (Å²) in [5.41, 5.74) is 5.67. The van der Waals surface area contributed by atoms with Gasteiger partial charge in [-0.05, 0) is 83.7 Å². The molecule has 0 saturated carbocycles. The Morgan fingerprint density at radius 1 is 1.06 bits per heavy atom. The molecule has 6 heteroatoms. The Hall–Kier alpha value is -3.56. The summed E-state index contributed by atoms with van der Waals surface area (Å²) in [6, 6.07) is 19.2. The Morgan fingerprint density at radius 2 is 1.79 bits per heavy atom. The monoisotopic (exact) mass is 504 g/mol. The fourth-order valence-electron chi connectivity index (χ4n) is 3.51. The summed E-state index contributed by atoms with van der Waals surface area (Å²) in [5.74, 6) is 0.571. The number of anilines is 1. The van der Waals surface area contributed by atoms with Crippen molar-refractivity contribution in [3.8, 4) is 17.6 Å². The minimum absolute atomic E-state index is 0.0191. The summed E-state index contributed by atoms with van der Waals surface area (Å²) >= 11 is 3.53. The van der Waals surface area contributed by atoms with Crippen LogP contribution >= 0.6 is 15.9 Å². The molecule has 0 fully saturated rings. The molecule has 5 nitrogen and oxygen atoms in total. The van der Waals surface area contributed by atoms with Crippen LogP contribution in [0.1, 0.15) is 27.8 Å². The second-order valence-corrected chi connectivity index (χ2v) is 8.67. The van der Waals surface area contributed by atoms with Gasteiger partial charge in [0.2, 0.25) is 0 Å². The van der Waals surface area contributed by atoms with Gasteiger partial charge in [-0.2, -0.15) is 5.26 Å². The van der Waals surface area contributed by atoms with Crippen LogP contribution in [-0.4, -0.2) is 13.0 Å². The molecule has 0 aliphatic rings. The second kappa shape index (κ2) is 10.8. The highest BCUT2D eigenvalue weighted by Gasteiger charge is 2.14. The van der Waals surface area contributed by atoms with E-state index in [-0.39, 0.29) is 5.57 Å². The van der Waals surface area contributed by atoms with Crippen molar-refractivity contribution in [1.29, 1.82) is 5.26 Å². The van der Waals surface area contributed by atoms with Crippen LogP contribution in [0.25, 0.3) is 6.08 Å². The predicted octanol–water partition coefficient (Wildman–Crippen LogP) is 6.51. The lowest BCUT2D eigenvalue weighted by Gasteiger charge is -2.14. The minimum atomic E-state index is -0.478. The van der Waals surface area contributed by atoms with Crippen molar-refractivity contribution in [2.45, 2.75) is 27.4 Å². The highest BCUT2D eigenvalue weighted by molar-refractivity contribution is 9.10. The number of rotatable bonds is 7. The van der Waals surface area contributed by atoms with Gasteiger partial charge in [-0.25, -0.2) is 0 Å². The molecule has 0 bridgehead atoms. The zero-order chi connectivity index (χ0) is 24.0. The van der Waals surface area contributed by atoms with Gasteiger partial charge in [0.1, 0.15) is 18.2 Å². The summed E-state index contributed by atoms with van der Waals surface area (Å²) in [4.78, 5) is 12.6. The number of halogens is 1. The lowest BCUT2D eigenvalue weighted by molar-refractivity contribution is -0.112. The minimum Gasteiger partial charge on any atom is -0.493 e. The van der Waals surface area contributed by atoms with Crippen LogP contribution in [-0.2, 0) is 11.4 Å². The summed E-state index contributed by atoms with van der Waals surface area (Å²) < 4.78 is 12.2. The third kappa shape index (κ3) is 6.47. The molecule has 168 valence electrons. The molecule has 0 radical (unpaired) electrons. The fourth-order valence-corrected chi connectivity index (χ4v) is 4.08. The molecule has 0 aromatic heterocycles. The van der Waals surface area contributed by atoms with Gasteiger partial charge >= 0.3 is 0 Å². The van der Waals surface area contributed by atoms with Crippen LogP contribution in [0, 0.1) is 32.1 Å². The molecule has 3 aromatic rings. The van der Waals surface area contributed by atoms with E-state index in [1.807, 2.05) is 31.2 Å². The highest BCUT2D eigenvalue weighted by atomic mass is 79.9. The average molecular weight is 505 g/mol. The number of nitriles is 1. The Morgan fingerprint density at radius 3 is 2.42 bits per heavy atom. The van der Waals surface area contributed by atoms with Crippen molar-refractivity contribution in [1.82, 2.24) is 0 Å². The van der Waals surface area contributed by atoms with E-state index < -0.39 is 5.91 Å². The van der Waals surface area contributed by atoms with Crippen LogP contribution in [0.3, 0.4) is 0 Å². The molecule has 33 heavy (non-hydrogen) atoms. The van der Waals surface area contributed by atoms with Gasteiger partial charge in [-0.1, -0.05) is 41.5 Å². The third-order valence-electron chi connectivity index (χ3n) is 4.87. The van der Waals surface area contributed by atoms with Crippen LogP contribution in [0.4, 0.5) is 5.69 Å². The Balaban J connectivity index is 1.83. The van der Waals surface area contributed by atoms with E-state index in [4.69, 9.17) is 9.47 Å². The fraction of sp³-hybridized carbons (Fsp3) is 0.185. The SMILES string of the molecule is COc1cc(/C=C(\C#N)C(=O)Nc2cccc(C)c2)cc(Br)c1OCc1cc(C)cc(C)c1. The van der Waals surface area contributed by atoms with Gasteiger partial charge < -0.3 is 14.8 Å². The number of carbonyl (C=O) groups excluding carboxylic acids is 1. The molecule has 0 aliphatic carbocycles. The number of benzene rings is 3. The quantitative estimate of drug-likeness (QED) is 0.294. The molecule has 1 N–H and O–H groups in total. The van der Waals surface area contributed by atoms with Crippen molar-refractivity contribution in [2.75, 3.05) is 12.4 Å². The number of ether oxygens (including phenoxy) is 2. The first-order valence-corrected chi connectivity index (χ1v) is 11.2. The maximum atomic E-state index is 12.6. The first-order valence-electron chi connectivity index (χ1n) is 10.4. The predicted molar refractivity (Wildman–Crippen MR) is 134 cm³/mol. The lowest BCUT2D eigenvalue weighted by Crippen LogP contribution is -2.13. The van der Waals surface area contributed by atoms with E-state index in [1.165, 1.54) is 17.2 Å². The second-order valence-electron chi connectivity index (χ2n) is 7.81. The number of nitrogens with one attached hydrogen (secondary N) is 1. The Labute approximate surface area is 202 Å². The topological polar surface area (TPSA) is 71.3 Å². The number of aryl methyl sites for hydroxylation is 3. The number of amides is 1. The van der Waals surface area contributed by atoms with Crippen molar-refractivity contribution in [2.24, 2.45) is 0 Å². The number of carbonyl (C=O) groups is 1. The molecule has 0 atom stereocenters. The Kier molecular flexibility index (Phi) is 7.92. The van der Waals surface area contributed by atoms with E-state index in [2.05, 4.69) is 53.3 Å². The normalized spacial score (nSPS) is 11.0. The van der Waals surface area contributed by atoms with Crippen LogP contribution < -0.4 is 14.8 Å². The molecule has 3 rings (SSSR count). The Bertz CT molecular complexity index is 1240. The lowest BCUT2D eigenvalue weighted by atomic mass is 10.1. The van der Waals surface area contributed by atoms with Gasteiger partial charge in [-0.15, -0.1) is 0 Å². The van der Waals surface area contributed by atoms with E-state index >= 15 is 0 Å². The molecule has 3 aromatic carbocycles. The van der Waals surface area contributed by atoms with Gasteiger partial charge in [0.05, 0.1) is 11.6 Å². The van der Waals surface area contributed by atoms with Crippen LogP contribution in [0.5, 0.6) is 11.5 Å². The van der Waals surface area contributed by atoms with Gasteiger partial charge in [0.25, 0.3) is 5.91 Å². The van der Waals surface area contributed by atoms with E-state index in [9.17, 15) is 10.1 Å². The van der Waals surface area contributed by atoms with Crippen molar-refractivity contribution in [3.05, 3.63) is 92.5 Å². The van der Waals surface area contributed by atoms with Gasteiger partial charge in [0, 0.05) is 5.69 Å². The smallest absolute Gasteiger partial charge is 0.266 e. The number of methoxy groups -OCH3 is 1. The van der Waals surface area contributed by atoms with Gasteiger partial charge in [0.15, 0.2) is 11.5 Å².